The van der Waals surface area contributed by atoms with E-state index in [9.17, 15) is 14.4 Å². The monoisotopic (exact) mass is 461 g/mol. The van der Waals surface area contributed by atoms with Crippen LogP contribution in [-0.4, -0.2) is 29.3 Å². The number of ether oxygens (including phenoxy) is 3. The minimum atomic E-state index is -0.677. The van der Waals surface area contributed by atoms with Crippen molar-refractivity contribution < 1.29 is 19.0 Å². The predicted octanol–water partition coefficient (Wildman–Crippen LogP) is 3.30. The maximum Gasteiger partial charge on any atom is 0.316 e. The van der Waals surface area contributed by atoms with E-state index < -0.39 is 17.0 Å². The van der Waals surface area contributed by atoms with E-state index in [2.05, 4.69) is 5.32 Å². The van der Waals surface area contributed by atoms with Crippen molar-refractivity contribution in [3.05, 3.63) is 86.9 Å². The zero-order valence-electron chi connectivity index (χ0n) is 19.1. The average molecular weight is 461 g/mol. The molecule has 4 aromatic rings. The number of hydrogen-bond donors (Lipinski definition) is 1. The van der Waals surface area contributed by atoms with Crippen LogP contribution in [0.4, 0.5) is 5.69 Å². The molecular formula is C25H23N3O6. The van der Waals surface area contributed by atoms with Gasteiger partial charge in [0, 0.05) is 25.7 Å². The van der Waals surface area contributed by atoms with Gasteiger partial charge in [0.05, 0.1) is 30.9 Å². The molecule has 1 aromatic heterocycles. The van der Waals surface area contributed by atoms with Crippen molar-refractivity contribution in [3.63, 3.8) is 0 Å². The van der Waals surface area contributed by atoms with Crippen LogP contribution in [0.15, 0.2) is 70.3 Å². The molecule has 4 rings (SSSR count). The zero-order chi connectivity index (χ0) is 24.4. The second kappa shape index (κ2) is 9.14. The van der Waals surface area contributed by atoms with Crippen LogP contribution in [0.3, 0.4) is 0 Å². The largest absolute Gasteiger partial charge is 0.497 e. The van der Waals surface area contributed by atoms with Crippen LogP contribution in [0.2, 0.25) is 0 Å². The van der Waals surface area contributed by atoms with Gasteiger partial charge in [-0.25, -0.2) is 0 Å². The maximum atomic E-state index is 13.0. The predicted molar refractivity (Wildman–Crippen MR) is 128 cm³/mol. The van der Waals surface area contributed by atoms with Gasteiger partial charge in [-0.05, 0) is 48.5 Å². The Bertz CT molecular complexity index is 1500. The molecule has 0 aliphatic carbocycles. The number of fused-ring (bicyclic) bond motifs is 1. The fourth-order valence-corrected chi connectivity index (χ4v) is 3.51. The van der Waals surface area contributed by atoms with Gasteiger partial charge >= 0.3 is 11.1 Å². The summed E-state index contributed by atoms with van der Waals surface area (Å²) in [6, 6.07) is 16.8. The third-order valence-electron chi connectivity index (χ3n) is 5.46. The molecule has 0 atom stereocenters. The summed E-state index contributed by atoms with van der Waals surface area (Å²) < 4.78 is 19.0. The van der Waals surface area contributed by atoms with Crippen LogP contribution in [-0.2, 0) is 14.1 Å². The van der Waals surface area contributed by atoms with Crippen LogP contribution >= 0.6 is 0 Å². The first-order chi connectivity index (χ1) is 16.3. The number of anilines is 1. The molecule has 0 radical (unpaired) electrons. The lowest BCUT2D eigenvalue weighted by molar-refractivity contribution is 0.102. The molecule has 1 heterocycles. The van der Waals surface area contributed by atoms with Crippen LogP contribution in [0, 0.1) is 0 Å². The lowest BCUT2D eigenvalue weighted by atomic mass is 10.1. The lowest BCUT2D eigenvalue weighted by Gasteiger charge is -2.17. The molecule has 9 heteroatoms. The molecule has 34 heavy (non-hydrogen) atoms. The van der Waals surface area contributed by atoms with Crippen LogP contribution < -0.4 is 30.6 Å². The van der Waals surface area contributed by atoms with E-state index in [1.165, 1.54) is 30.3 Å². The molecule has 1 amide bonds. The summed E-state index contributed by atoms with van der Waals surface area (Å²) in [6.45, 7) is 0. The Morgan fingerprint density at radius 3 is 1.97 bits per heavy atom. The highest BCUT2D eigenvalue weighted by Crippen LogP contribution is 2.34. The molecule has 0 saturated heterocycles. The van der Waals surface area contributed by atoms with Crippen molar-refractivity contribution >= 4 is 22.6 Å². The van der Waals surface area contributed by atoms with E-state index in [1.54, 1.807) is 67.8 Å². The first-order valence-corrected chi connectivity index (χ1v) is 10.3. The first-order valence-electron chi connectivity index (χ1n) is 10.3. The average Bonchev–Trinajstić information content (AvgIpc) is 2.87. The maximum absolute atomic E-state index is 13.0. The first kappa shape index (κ1) is 22.7. The number of amides is 1. The highest BCUT2D eigenvalue weighted by Gasteiger charge is 2.17. The van der Waals surface area contributed by atoms with Crippen molar-refractivity contribution in [3.8, 4) is 23.0 Å². The van der Waals surface area contributed by atoms with Gasteiger partial charge in [-0.2, -0.15) is 0 Å². The van der Waals surface area contributed by atoms with E-state index in [0.29, 0.717) is 45.3 Å². The SMILES string of the molecule is COc1ccc(Oc2cc3c(cc2NC(=O)c2cccc(OC)c2)n(C)c(=O)c(=O)n3C)cc1. The lowest BCUT2D eigenvalue weighted by Crippen LogP contribution is -2.39. The minimum absolute atomic E-state index is 0.294. The Balaban J connectivity index is 1.84. The molecule has 3 aromatic carbocycles. The van der Waals surface area contributed by atoms with Gasteiger partial charge in [0.2, 0.25) is 0 Å². The second-order valence-electron chi connectivity index (χ2n) is 7.53. The number of rotatable bonds is 6. The Morgan fingerprint density at radius 2 is 1.35 bits per heavy atom. The van der Waals surface area contributed by atoms with E-state index >= 15 is 0 Å². The summed E-state index contributed by atoms with van der Waals surface area (Å²) in [7, 11) is 6.10. The number of methoxy groups -OCH3 is 2. The number of aryl methyl sites for hydroxylation is 2. The summed E-state index contributed by atoms with van der Waals surface area (Å²) >= 11 is 0. The van der Waals surface area contributed by atoms with Gasteiger partial charge in [0.25, 0.3) is 5.91 Å². The summed E-state index contributed by atoms with van der Waals surface area (Å²) in [6.07, 6.45) is 0. The fraction of sp³-hybridized carbons (Fsp3) is 0.160. The van der Waals surface area contributed by atoms with Crippen molar-refractivity contribution in [1.29, 1.82) is 0 Å². The molecule has 0 aliphatic heterocycles. The Morgan fingerprint density at radius 1 is 0.765 bits per heavy atom. The Hall–Kier alpha value is -4.53. The highest BCUT2D eigenvalue weighted by molar-refractivity contribution is 6.06. The van der Waals surface area contributed by atoms with E-state index in [0.717, 1.165) is 0 Å². The van der Waals surface area contributed by atoms with Crippen molar-refractivity contribution in [2.75, 3.05) is 19.5 Å². The molecule has 0 fully saturated rings. The second-order valence-corrected chi connectivity index (χ2v) is 7.53. The number of aromatic nitrogens is 2. The minimum Gasteiger partial charge on any atom is -0.497 e. The number of carbonyl (C=O) groups is 1. The molecule has 1 N–H and O–H groups in total. The smallest absolute Gasteiger partial charge is 0.316 e. The zero-order valence-corrected chi connectivity index (χ0v) is 19.1. The molecule has 0 bridgehead atoms. The molecule has 0 saturated carbocycles. The van der Waals surface area contributed by atoms with Crippen LogP contribution in [0.1, 0.15) is 10.4 Å². The summed E-state index contributed by atoms with van der Waals surface area (Å²) in [4.78, 5) is 37.7. The Kier molecular flexibility index (Phi) is 6.09. The molecule has 174 valence electrons. The van der Waals surface area contributed by atoms with Gasteiger partial charge in [-0.1, -0.05) is 6.07 Å². The van der Waals surface area contributed by atoms with E-state index in [4.69, 9.17) is 14.2 Å². The van der Waals surface area contributed by atoms with E-state index in [1.807, 2.05) is 0 Å². The molecular weight excluding hydrogens is 438 g/mol. The molecule has 0 unspecified atom stereocenters. The highest BCUT2D eigenvalue weighted by atomic mass is 16.5. The van der Waals surface area contributed by atoms with Gasteiger partial charge in [0.1, 0.15) is 17.2 Å². The summed E-state index contributed by atoms with van der Waals surface area (Å²) in [5.74, 6) is 1.59. The fourth-order valence-electron chi connectivity index (χ4n) is 3.51. The normalized spacial score (nSPS) is 10.7. The third-order valence-corrected chi connectivity index (χ3v) is 5.46. The van der Waals surface area contributed by atoms with Crippen molar-refractivity contribution in [2.45, 2.75) is 0 Å². The summed E-state index contributed by atoms with van der Waals surface area (Å²) in [5.41, 5.74) is 0.279. The number of nitrogens with one attached hydrogen (secondary N) is 1. The topological polar surface area (TPSA) is 101 Å². The third kappa shape index (κ3) is 4.23. The summed E-state index contributed by atoms with van der Waals surface area (Å²) in [5, 5.41) is 2.85. The van der Waals surface area contributed by atoms with Crippen molar-refractivity contribution in [1.82, 2.24) is 9.13 Å². The Labute approximate surface area is 194 Å². The van der Waals surface area contributed by atoms with Gasteiger partial charge in [-0.15, -0.1) is 0 Å². The van der Waals surface area contributed by atoms with E-state index in [-0.39, 0.29) is 0 Å². The molecule has 0 spiro atoms. The van der Waals surface area contributed by atoms with Crippen molar-refractivity contribution in [2.24, 2.45) is 14.1 Å². The standard InChI is InChI=1S/C25H23N3O6/c1-27-20-13-19(26-23(29)15-6-5-7-18(12-15)33-4)22(14-21(20)28(2)25(31)24(27)30)34-17-10-8-16(32-3)9-11-17/h5-14H,1-4H3,(H,26,29). The van der Waals surface area contributed by atoms with Crippen LogP contribution in [0.25, 0.3) is 11.0 Å². The number of benzene rings is 3. The number of carbonyl (C=O) groups excluding carboxylic acids is 1. The van der Waals surface area contributed by atoms with Gasteiger partial charge in [0.15, 0.2) is 5.75 Å². The number of nitrogens with zero attached hydrogens (tertiary/aromatic N) is 2. The number of hydrogen-bond acceptors (Lipinski definition) is 6. The van der Waals surface area contributed by atoms with Gasteiger partial charge < -0.3 is 28.7 Å². The van der Waals surface area contributed by atoms with Gasteiger partial charge in [-0.3, -0.25) is 14.4 Å². The quantitative estimate of drug-likeness (QED) is 0.442. The van der Waals surface area contributed by atoms with Crippen LogP contribution in [0.5, 0.6) is 23.0 Å². The molecule has 0 aliphatic rings. The molecule has 9 nitrogen and oxygen atoms in total.